The van der Waals surface area contributed by atoms with Crippen molar-refractivity contribution < 1.29 is 14.0 Å². The van der Waals surface area contributed by atoms with Crippen LogP contribution in [0.3, 0.4) is 0 Å². The Balaban J connectivity index is 2.24. The van der Waals surface area contributed by atoms with E-state index in [0.29, 0.717) is 21.6 Å². The number of nitrogens with zero attached hydrogens (tertiary/aromatic N) is 1. The lowest BCUT2D eigenvalue weighted by Gasteiger charge is -2.04. The lowest BCUT2D eigenvalue weighted by Crippen LogP contribution is -2.16. The van der Waals surface area contributed by atoms with Crippen LogP contribution in [-0.2, 0) is 4.79 Å². The van der Waals surface area contributed by atoms with Crippen LogP contribution >= 0.6 is 11.8 Å². The largest absolute Gasteiger partial charge is 0.422 e. The predicted molar refractivity (Wildman–Crippen MR) is 75.0 cm³/mol. The minimum absolute atomic E-state index is 0.0138. The fourth-order valence-corrected chi connectivity index (χ4v) is 2.80. The van der Waals surface area contributed by atoms with Gasteiger partial charge in [0.15, 0.2) is 0 Å². The van der Waals surface area contributed by atoms with Gasteiger partial charge in [-0.2, -0.15) is 0 Å². The fourth-order valence-electron chi connectivity index (χ4n) is 2.01. The standard InChI is InChI=1S/C13H8N2O4S/c14-8(16)5-20-12-9-6-3-1-2-4-7(6)19-13(18)10(9)11(17)15-12/h1-4H,5H2,(H2,14,16). The molecule has 0 saturated heterocycles. The van der Waals surface area contributed by atoms with Gasteiger partial charge in [0.2, 0.25) is 5.91 Å². The summed E-state index contributed by atoms with van der Waals surface area (Å²) in [5, 5.41) is 0.941. The SMILES string of the molecule is NC(=O)CSC1=NC(=O)c2c1c1ccccc1oc2=O. The van der Waals surface area contributed by atoms with Gasteiger partial charge in [-0.05, 0) is 6.07 Å². The average molecular weight is 288 g/mol. The summed E-state index contributed by atoms with van der Waals surface area (Å²) >= 11 is 1.04. The highest BCUT2D eigenvalue weighted by Crippen LogP contribution is 2.29. The van der Waals surface area contributed by atoms with E-state index in [4.69, 9.17) is 10.2 Å². The number of benzene rings is 1. The zero-order chi connectivity index (χ0) is 14.3. The van der Waals surface area contributed by atoms with Gasteiger partial charge in [0, 0.05) is 10.9 Å². The number of carbonyl (C=O) groups excluding carboxylic acids is 2. The molecule has 6 nitrogen and oxygen atoms in total. The van der Waals surface area contributed by atoms with Crippen molar-refractivity contribution in [3.8, 4) is 0 Å². The van der Waals surface area contributed by atoms with Crippen molar-refractivity contribution in [1.29, 1.82) is 0 Å². The number of rotatable bonds is 2. The van der Waals surface area contributed by atoms with Crippen molar-refractivity contribution >= 4 is 39.6 Å². The monoisotopic (exact) mass is 288 g/mol. The van der Waals surface area contributed by atoms with E-state index in [-0.39, 0.29) is 11.3 Å². The Morgan fingerprint density at radius 1 is 1.25 bits per heavy atom. The van der Waals surface area contributed by atoms with Crippen LogP contribution in [-0.4, -0.2) is 22.6 Å². The van der Waals surface area contributed by atoms with E-state index in [1.807, 2.05) is 0 Å². The molecule has 1 aromatic heterocycles. The van der Waals surface area contributed by atoms with E-state index in [0.717, 1.165) is 11.8 Å². The van der Waals surface area contributed by atoms with Crippen molar-refractivity contribution in [1.82, 2.24) is 0 Å². The van der Waals surface area contributed by atoms with Crippen molar-refractivity contribution in [3.05, 3.63) is 45.8 Å². The number of thioether (sulfide) groups is 1. The summed E-state index contributed by atoms with van der Waals surface area (Å²) in [4.78, 5) is 38.3. The quantitative estimate of drug-likeness (QED) is 0.827. The van der Waals surface area contributed by atoms with E-state index < -0.39 is 17.4 Å². The number of aliphatic imine (C=N–C) groups is 1. The van der Waals surface area contributed by atoms with E-state index in [9.17, 15) is 14.4 Å². The molecule has 2 amide bonds. The van der Waals surface area contributed by atoms with Crippen LogP contribution in [0, 0.1) is 0 Å². The van der Waals surface area contributed by atoms with Gasteiger partial charge in [-0.1, -0.05) is 30.0 Å². The Labute approximate surface area is 116 Å². The van der Waals surface area contributed by atoms with Crippen molar-refractivity contribution in [2.24, 2.45) is 10.7 Å². The maximum absolute atomic E-state index is 11.9. The number of para-hydroxylation sites is 1. The first-order chi connectivity index (χ1) is 9.58. The van der Waals surface area contributed by atoms with Gasteiger partial charge in [0.1, 0.15) is 16.2 Å². The van der Waals surface area contributed by atoms with Gasteiger partial charge in [-0.15, -0.1) is 0 Å². The Kier molecular flexibility index (Phi) is 2.90. The molecule has 7 heteroatoms. The summed E-state index contributed by atoms with van der Waals surface area (Å²) < 4.78 is 5.10. The average Bonchev–Trinajstić information content (AvgIpc) is 2.74. The minimum atomic E-state index is -0.720. The first-order valence-corrected chi connectivity index (χ1v) is 6.67. The van der Waals surface area contributed by atoms with Crippen LogP contribution in [0.5, 0.6) is 0 Å². The van der Waals surface area contributed by atoms with Crippen molar-refractivity contribution in [2.45, 2.75) is 0 Å². The van der Waals surface area contributed by atoms with Gasteiger partial charge >= 0.3 is 5.63 Å². The Morgan fingerprint density at radius 3 is 2.75 bits per heavy atom. The Bertz CT molecular complexity index is 838. The first-order valence-electron chi connectivity index (χ1n) is 5.68. The molecule has 0 atom stereocenters. The molecular formula is C13H8N2O4S. The fraction of sp³-hybridized carbons (Fsp3) is 0.0769. The van der Waals surface area contributed by atoms with Crippen LogP contribution in [0.1, 0.15) is 15.9 Å². The van der Waals surface area contributed by atoms with Crippen molar-refractivity contribution in [2.75, 3.05) is 5.75 Å². The first kappa shape index (κ1) is 12.6. The summed E-state index contributed by atoms with van der Waals surface area (Å²) in [5.74, 6) is -1.18. The molecule has 0 spiro atoms. The Morgan fingerprint density at radius 2 is 2.00 bits per heavy atom. The molecule has 2 heterocycles. The number of carbonyl (C=O) groups is 2. The lowest BCUT2D eigenvalue weighted by atomic mass is 10.1. The van der Waals surface area contributed by atoms with Gasteiger partial charge in [0.05, 0.1) is 5.75 Å². The molecule has 0 fully saturated rings. The molecule has 0 bridgehead atoms. The van der Waals surface area contributed by atoms with E-state index in [2.05, 4.69) is 4.99 Å². The topological polar surface area (TPSA) is 103 Å². The zero-order valence-corrected chi connectivity index (χ0v) is 10.9. The third kappa shape index (κ3) is 1.92. The highest BCUT2D eigenvalue weighted by Gasteiger charge is 2.30. The number of hydrogen-bond donors (Lipinski definition) is 1. The molecule has 1 aliphatic heterocycles. The maximum atomic E-state index is 11.9. The molecule has 0 radical (unpaired) electrons. The number of nitrogens with two attached hydrogens (primary N) is 1. The second-order valence-corrected chi connectivity index (χ2v) is 5.08. The van der Waals surface area contributed by atoms with Crippen LogP contribution in [0.2, 0.25) is 0 Å². The summed E-state index contributed by atoms with van der Waals surface area (Å²) in [5.41, 5.74) is 5.08. The van der Waals surface area contributed by atoms with E-state index in [1.165, 1.54) is 0 Å². The normalized spacial score (nSPS) is 13.4. The second kappa shape index (κ2) is 4.61. The molecule has 0 unspecified atom stereocenters. The molecule has 100 valence electrons. The van der Waals surface area contributed by atoms with Crippen LogP contribution < -0.4 is 11.4 Å². The lowest BCUT2D eigenvalue weighted by molar-refractivity contribution is -0.115. The van der Waals surface area contributed by atoms with Crippen LogP contribution in [0.15, 0.2) is 38.5 Å². The number of fused-ring (bicyclic) bond motifs is 3. The highest BCUT2D eigenvalue weighted by molar-refractivity contribution is 8.15. The summed E-state index contributed by atoms with van der Waals surface area (Å²) in [6.07, 6.45) is 0. The summed E-state index contributed by atoms with van der Waals surface area (Å²) in [6, 6.07) is 6.86. The van der Waals surface area contributed by atoms with Crippen LogP contribution in [0.25, 0.3) is 11.0 Å². The second-order valence-electron chi connectivity index (χ2n) is 4.11. The van der Waals surface area contributed by atoms with Gasteiger partial charge in [0.25, 0.3) is 5.91 Å². The van der Waals surface area contributed by atoms with Crippen LogP contribution in [0.4, 0.5) is 0 Å². The molecule has 1 aromatic carbocycles. The smallest absolute Gasteiger partial charge is 0.350 e. The molecular weight excluding hydrogens is 280 g/mol. The number of primary amides is 1. The highest BCUT2D eigenvalue weighted by atomic mass is 32.2. The summed E-state index contributed by atoms with van der Waals surface area (Å²) in [7, 11) is 0. The van der Waals surface area contributed by atoms with Gasteiger partial charge in [-0.3, -0.25) is 9.59 Å². The molecule has 2 aromatic rings. The third-order valence-electron chi connectivity index (χ3n) is 2.80. The van der Waals surface area contributed by atoms with Gasteiger partial charge < -0.3 is 10.2 Å². The molecule has 0 aliphatic carbocycles. The Hall–Kier alpha value is -2.41. The van der Waals surface area contributed by atoms with Crippen molar-refractivity contribution in [3.63, 3.8) is 0 Å². The maximum Gasteiger partial charge on any atom is 0.350 e. The summed E-state index contributed by atoms with van der Waals surface area (Å²) in [6.45, 7) is 0. The number of amides is 2. The zero-order valence-electron chi connectivity index (χ0n) is 10.1. The molecule has 20 heavy (non-hydrogen) atoms. The molecule has 0 saturated carbocycles. The third-order valence-corrected chi connectivity index (χ3v) is 3.79. The molecule has 2 N–H and O–H groups in total. The van der Waals surface area contributed by atoms with Gasteiger partial charge in [-0.25, -0.2) is 9.79 Å². The minimum Gasteiger partial charge on any atom is -0.422 e. The number of hydrogen-bond acceptors (Lipinski definition) is 5. The van der Waals surface area contributed by atoms with E-state index in [1.54, 1.807) is 24.3 Å². The predicted octanol–water partition coefficient (Wildman–Crippen LogP) is 0.912. The molecule has 1 aliphatic rings. The molecule has 3 rings (SSSR count). The van der Waals surface area contributed by atoms with E-state index >= 15 is 0 Å².